The summed E-state index contributed by atoms with van der Waals surface area (Å²) < 4.78 is 1.75. The van der Waals surface area contributed by atoms with Crippen molar-refractivity contribution in [3.63, 3.8) is 0 Å². The second kappa shape index (κ2) is 7.04. The standard InChI is InChI=1S/C20H17N9/c1-13-23-15(12-17(24-13)25-14-6-3-2-4-7-14)19-20(26-16-9-11-21-28-16)27-18-8-5-10-22-29(18)19/h2-12H,1H3,(H2,21,26,28)(H,23,24,25). The van der Waals surface area contributed by atoms with Gasteiger partial charge in [0, 0.05) is 30.2 Å². The maximum atomic E-state index is 4.66. The van der Waals surface area contributed by atoms with Gasteiger partial charge in [0.25, 0.3) is 0 Å². The van der Waals surface area contributed by atoms with Crippen molar-refractivity contribution in [1.29, 1.82) is 0 Å². The molecule has 1 aromatic carbocycles. The van der Waals surface area contributed by atoms with Gasteiger partial charge < -0.3 is 10.6 Å². The van der Waals surface area contributed by atoms with E-state index in [0.29, 0.717) is 34.6 Å². The number of imidazole rings is 1. The summed E-state index contributed by atoms with van der Waals surface area (Å²) in [5.41, 5.74) is 3.07. The summed E-state index contributed by atoms with van der Waals surface area (Å²) >= 11 is 0. The maximum Gasteiger partial charge on any atom is 0.162 e. The molecular formula is C20H17N9. The summed E-state index contributed by atoms with van der Waals surface area (Å²) in [5, 5.41) is 18.0. The van der Waals surface area contributed by atoms with E-state index in [2.05, 4.69) is 40.9 Å². The average Bonchev–Trinajstić information content (AvgIpc) is 3.36. The van der Waals surface area contributed by atoms with Crippen molar-refractivity contribution in [2.24, 2.45) is 0 Å². The van der Waals surface area contributed by atoms with Gasteiger partial charge in [0.15, 0.2) is 17.3 Å². The predicted molar refractivity (Wildman–Crippen MR) is 110 cm³/mol. The monoisotopic (exact) mass is 383 g/mol. The molecule has 0 aliphatic heterocycles. The Morgan fingerprint density at radius 2 is 1.79 bits per heavy atom. The summed E-state index contributed by atoms with van der Waals surface area (Å²) in [6, 6.07) is 17.3. The number of para-hydroxylation sites is 1. The Labute approximate surface area is 165 Å². The molecule has 3 N–H and O–H groups in total. The van der Waals surface area contributed by atoms with Gasteiger partial charge in [0.05, 0.1) is 5.69 Å². The Kier molecular flexibility index (Phi) is 4.10. The van der Waals surface area contributed by atoms with Crippen molar-refractivity contribution in [2.45, 2.75) is 6.92 Å². The third-order valence-electron chi connectivity index (χ3n) is 4.27. The number of rotatable bonds is 5. The summed E-state index contributed by atoms with van der Waals surface area (Å²) in [6.45, 7) is 1.86. The van der Waals surface area contributed by atoms with Gasteiger partial charge in [-0.05, 0) is 31.2 Å². The van der Waals surface area contributed by atoms with Crippen LogP contribution in [0.25, 0.3) is 17.0 Å². The fourth-order valence-electron chi connectivity index (χ4n) is 3.08. The quantitative estimate of drug-likeness (QED) is 0.424. The molecule has 9 heteroatoms. The third kappa shape index (κ3) is 3.36. The second-order valence-corrected chi connectivity index (χ2v) is 6.36. The van der Waals surface area contributed by atoms with Crippen molar-refractivity contribution in [2.75, 3.05) is 10.6 Å². The SMILES string of the molecule is Cc1nc(Nc2ccccc2)cc(-c2c(Nc3cc[nH]n3)nc3cccnn23)n1. The Hall–Kier alpha value is -4.27. The van der Waals surface area contributed by atoms with E-state index < -0.39 is 0 Å². The summed E-state index contributed by atoms with van der Waals surface area (Å²) in [7, 11) is 0. The van der Waals surface area contributed by atoms with Crippen LogP contribution in [0.2, 0.25) is 0 Å². The smallest absolute Gasteiger partial charge is 0.162 e. The van der Waals surface area contributed by atoms with E-state index >= 15 is 0 Å². The Morgan fingerprint density at radius 1 is 0.897 bits per heavy atom. The molecule has 0 spiro atoms. The highest BCUT2D eigenvalue weighted by Crippen LogP contribution is 2.30. The number of fused-ring (bicyclic) bond motifs is 1. The first kappa shape index (κ1) is 16.9. The summed E-state index contributed by atoms with van der Waals surface area (Å²) in [6.07, 6.45) is 3.46. The lowest BCUT2D eigenvalue weighted by molar-refractivity contribution is 0.932. The molecule has 0 bridgehead atoms. The first-order valence-electron chi connectivity index (χ1n) is 9.05. The zero-order chi connectivity index (χ0) is 19.6. The van der Waals surface area contributed by atoms with Crippen LogP contribution in [-0.2, 0) is 0 Å². The molecule has 9 nitrogen and oxygen atoms in total. The van der Waals surface area contributed by atoms with Crippen LogP contribution in [0.4, 0.5) is 23.1 Å². The topological polar surface area (TPSA) is 109 Å². The molecule has 5 aromatic rings. The molecule has 5 rings (SSSR count). The molecule has 0 unspecified atom stereocenters. The Morgan fingerprint density at radius 3 is 2.62 bits per heavy atom. The van der Waals surface area contributed by atoms with Gasteiger partial charge in [-0.15, -0.1) is 0 Å². The zero-order valence-corrected chi connectivity index (χ0v) is 15.5. The minimum absolute atomic E-state index is 0.611. The highest BCUT2D eigenvalue weighted by molar-refractivity contribution is 5.78. The predicted octanol–water partition coefficient (Wildman–Crippen LogP) is 3.71. The number of aryl methyl sites for hydroxylation is 1. The largest absolute Gasteiger partial charge is 0.340 e. The first-order chi connectivity index (χ1) is 14.3. The molecule has 0 aliphatic rings. The Balaban J connectivity index is 1.63. The van der Waals surface area contributed by atoms with Gasteiger partial charge in [0.2, 0.25) is 0 Å². The minimum atomic E-state index is 0.611. The van der Waals surface area contributed by atoms with E-state index in [1.807, 2.05) is 61.5 Å². The average molecular weight is 383 g/mol. The number of anilines is 4. The number of H-pyrrole nitrogens is 1. The van der Waals surface area contributed by atoms with Crippen molar-refractivity contribution in [3.05, 3.63) is 72.8 Å². The zero-order valence-electron chi connectivity index (χ0n) is 15.5. The fraction of sp³-hybridized carbons (Fsp3) is 0.0500. The molecule has 29 heavy (non-hydrogen) atoms. The normalized spacial score (nSPS) is 10.9. The molecule has 0 saturated heterocycles. The molecule has 0 saturated carbocycles. The van der Waals surface area contributed by atoms with E-state index in [-0.39, 0.29) is 0 Å². The second-order valence-electron chi connectivity index (χ2n) is 6.36. The lowest BCUT2D eigenvalue weighted by Crippen LogP contribution is -2.02. The number of benzene rings is 1. The number of nitrogens with one attached hydrogen (secondary N) is 3. The van der Waals surface area contributed by atoms with Gasteiger partial charge in [-0.25, -0.2) is 19.5 Å². The van der Waals surface area contributed by atoms with E-state index in [9.17, 15) is 0 Å². The lowest BCUT2D eigenvalue weighted by Gasteiger charge is -2.10. The first-order valence-corrected chi connectivity index (χ1v) is 9.05. The van der Waals surface area contributed by atoms with E-state index in [0.717, 1.165) is 11.4 Å². The van der Waals surface area contributed by atoms with Crippen LogP contribution >= 0.6 is 0 Å². The molecule has 4 aromatic heterocycles. The van der Waals surface area contributed by atoms with Crippen LogP contribution in [0.1, 0.15) is 5.82 Å². The van der Waals surface area contributed by atoms with Gasteiger partial charge in [0.1, 0.15) is 17.3 Å². The highest BCUT2D eigenvalue weighted by atomic mass is 15.3. The fourth-order valence-corrected chi connectivity index (χ4v) is 3.08. The number of nitrogens with zero attached hydrogens (tertiary/aromatic N) is 6. The number of hydrogen-bond acceptors (Lipinski definition) is 7. The van der Waals surface area contributed by atoms with Crippen molar-refractivity contribution in [3.8, 4) is 11.4 Å². The number of aromatic nitrogens is 7. The van der Waals surface area contributed by atoms with Crippen LogP contribution in [0.15, 0.2) is 67.0 Å². The van der Waals surface area contributed by atoms with E-state index in [4.69, 9.17) is 0 Å². The maximum absolute atomic E-state index is 4.66. The highest BCUT2D eigenvalue weighted by Gasteiger charge is 2.18. The molecule has 0 aliphatic carbocycles. The molecule has 0 radical (unpaired) electrons. The van der Waals surface area contributed by atoms with Crippen LogP contribution in [0.5, 0.6) is 0 Å². The summed E-state index contributed by atoms with van der Waals surface area (Å²) in [5.74, 6) is 2.59. The molecule has 0 amide bonds. The van der Waals surface area contributed by atoms with Gasteiger partial charge in [-0.2, -0.15) is 10.2 Å². The van der Waals surface area contributed by atoms with Crippen LogP contribution in [0.3, 0.4) is 0 Å². The minimum Gasteiger partial charge on any atom is -0.340 e. The van der Waals surface area contributed by atoms with Gasteiger partial charge >= 0.3 is 0 Å². The molecule has 0 fully saturated rings. The van der Waals surface area contributed by atoms with Crippen LogP contribution < -0.4 is 10.6 Å². The molecule has 4 heterocycles. The molecular weight excluding hydrogens is 366 g/mol. The Bertz CT molecular complexity index is 1260. The molecule has 0 atom stereocenters. The van der Waals surface area contributed by atoms with Crippen LogP contribution in [0, 0.1) is 6.92 Å². The van der Waals surface area contributed by atoms with Gasteiger partial charge in [-0.1, -0.05) is 18.2 Å². The van der Waals surface area contributed by atoms with Crippen molar-refractivity contribution in [1.82, 2.24) is 34.8 Å². The number of hydrogen-bond donors (Lipinski definition) is 3. The number of aromatic amines is 1. The van der Waals surface area contributed by atoms with Crippen molar-refractivity contribution >= 4 is 28.8 Å². The van der Waals surface area contributed by atoms with Crippen molar-refractivity contribution < 1.29 is 0 Å². The van der Waals surface area contributed by atoms with Gasteiger partial charge in [-0.3, -0.25) is 5.10 Å². The van der Waals surface area contributed by atoms with E-state index in [1.165, 1.54) is 0 Å². The third-order valence-corrected chi connectivity index (χ3v) is 4.27. The van der Waals surface area contributed by atoms with E-state index in [1.54, 1.807) is 16.9 Å². The van der Waals surface area contributed by atoms with Crippen LogP contribution in [-0.4, -0.2) is 34.8 Å². The molecule has 142 valence electrons. The summed E-state index contributed by atoms with van der Waals surface area (Å²) in [4.78, 5) is 13.8. The lowest BCUT2D eigenvalue weighted by atomic mass is 10.2.